The lowest BCUT2D eigenvalue weighted by Crippen LogP contribution is -2.41. The number of anilines is 1. The first kappa shape index (κ1) is 15.8. The summed E-state index contributed by atoms with van der Waals surface area (Å²) in [4.78, 5) is 13.0. The van der Waals surface area contributed by atoms with Crippen LogP contribution in [0.1, 0.15) is 36.7 Å². The number of benzene rings is 1. The zero-order chi connectivity index (χ0) is 16.0. The molecule has 0 fully saturated rings. The summed E-state index contributed by atoms with van der Waals surface area (Å²) in [7, 11) is -4.03. The molecule has 2 rings (SSSR count). The van der Waals surface area contributed by atoms with Gasteiger partial charge in [0.25, 0.3) is 10.1 Å². The number of rotatable bonds is 4. The fourth-order valence-electron chi connectivity index (χ4n) is 2.79. The topological polar surface area (TPSA) is 94.9 Å². The Morgan fingerprint density at radius 2 is 2.00 bits per heavy atom. The smallest absolute Gasteiger partial charge is 0.335 e. The molecule has 1 aromatic rings. The summed E-state index contributed by atoms with van der Waals surface area (Å²) in [5.41, 5.74) is 1.61. The third-order valence-electron chi connectivity index (χ3n) is 4.35. The third kappa shape index (κ3) is 2.89. The van der Waals surface area contributed by atoms with E-state index in [4.69, 9.17) is 9.66 Å². The van der Waals surface area contributed by atoms with Crippen molar-refractivity contribution in [3.05, 3.63) is 29.3 Å². The van der Waals surface area contributed by atoms with E-state index in [9.17, 15) is 13.2 Å². The van der Waals surface area contributed by atoms with Crippen LogP contribution in [0.5, 0.6) is 0 Å². The van der Waals surface area contributed by atoms with Crippen LogP contribution in [0.3, 0.4) is 0 Å². The maximum atomic E-state index is 11.1. The van der Waals surface area contributed by atoms with Crippen molar-refractivity contribution < 1.29 is 22.9 Å². The predicted octanol–water partition coefficient (Wildman–Crippen LogP) is 1.76. The molecule has 1 aromatic carbocycles. The van der Waals surface area contributed by atoms with Crippen LogP contribution in [-0.2, 0) is 15.5 Å². The summed E-state index contributed by atoms with van der Waals surface area (Å²) in [6.07, 6.45) is 0. The lowest BCUT2D eigenvalue weighted by molar-refractivity contribution is 0.0696. The molecule has 1 aliphatic heterocycles. The van der Waals surface area contributed by atoms with Gasteiger partial charge in [0.1, 0.15) is 0 Å². The van der Waals surface area contributed by atoms with Crippen molar-refractivity contribution in [2.24, 2.45) is 0 Å². The van der Waals surface area contributed by atoms with Gasteiger partial charge in [-0.1, -0.05) is 13.8 Å². The molecule has 1 heterocycles. The van der Waals surface area contributed by atoms with Gasteiger partial charge < -0.3 is 10.0 Å². The molecule has 0 aliphatic carbocycles. The SMILES string of the molecule is CC1N(CCS(=O)(=O)O)c2ccc(C(=O)O)cc2C1(C)C. The minimum atomic E-state index is -4.03. The van der Waals surface area contributed by atoms with E-state index in [2.05, 4.69) is 0 Å². The van der Waals surface area contributed by atoms with Crippen LogP contribution in [-0.4, -0.2) is 42.4 Å². The molecular weight excluding hydrogens is 294 g/mol. The van der Waals surface area contributed by atoms with Gasteiger partial charge in [-0.2, -0.15) is 8.42 Å². The van der Waals surface area contributed by atoms with Crippen molar-refractivity contribution in [1.82, 2.24) is 0 Å². The molecule has 2 N–H and O–H groups in total. The highest BCUT2D eigenvalue weighted by atomic mass is 32.2. The third-order valence-corrected chi connectivity index (χ3v) is 5.05. The van der Waals surface area contributed by atoms with E-state index in [1.165, 1.54) is 6.07 Å². The largest absolute Gasteiger partial charge is 0.478 e. The lowest BCUT2D eigenvalue weighted by atomic mass is 9.81. The van der Waals surface area contributed by atoms with E-state index in [0.29, 0.717) is 0 Å². The molecule has 0 aromatic heterocycles. The van der Waals surface area contributed by atoms with Gasteiger partial charge in [-0.15, -0.1) is 0 Å². The Bertz CT molecular complexity index is 681. The summed E-state index contributed by atoms with van der Waals surface area (Å²) in [6, 6.07) is 4.85. The minimum Gasteiger partial charge on any atom is -0.478 e. The fraction of sp³-hybridized carbons (Fsp3) is 0.500. The number of carbonyl (C=O) groups is 1. The van der Waals surface area contributed by atoms with E-state index in [1.54, 1.807) is 12.1 Å². The Balaban J connectivity index is 2.43. The van der Waals surface area contributed by atoms with E-state index in [-0.39, 0.29) is 29.3 Å². The quantitative estimate of drug-likeness (QED) is 0.822. The normalized spacial score (nSPS) is 20.4. The van der Waals surface area contributed by atoms with Crippen molar-refractivity contribution in [3.63, 3.8) is 0 Å². The van der Waals surface area contributed by atoms with Crippen LogP contribution < -0.4 is 4.90 Å². The highest BCUT2D eigenvalue weighted by molar-refractivity contribution is 7.85. The Morgan fingerprint density at radius 1 is 1.38 bits per heavy atom. The molecule has 7 heteroatoms. The Morgan fingerprint density at radius 3 is 2.52 bits per heavy atom. The van der Waals surface area contributed by atoms with Crippen LogP contribution in [0.2, 0.25) is 0 Å². The van der Waals surface area contributed by atoms with Gasteiger partial charge in [-0.25, -0.2) is 4.79 Å². The second-order valence-corrected chi connectivity index (χ2v) is 7.49. The molecule has 6 nitrogen and oxygen atoms in total. The van der Waals surface area contributed by atoms with Gasteiger partial charge >= 0.3 is 5.97 Å². The summed E-state index contributed by atoms with van der Waals surface area (Å²) in [6.45, 7) is 6.12. The molecule has 0 saturated carbocycles. The average Bonchev–Trinajstić information content (AvgIpc) is 2.54. The zero-order valence-electron chi connectivity index (χ0n) is 12.2. The molecule has 1 unspecified atom stereocenters. The Labute approximate surface area is 124 Å². The van der Waals surface area contributed by atoms with Gasteiger partial charge in [0.05, 0.1) is 11.3 Å². The number of nitrogens with zero attached hydrogens (tertiary/aromatic N) is 1. The summed E-state index contributed by atoms with van der Waals surface area (Å²) >= 11 is 0. The van der Waals surface area contributed by atoms with Gasteiger partial charge in [0.2, 0.25) is 0 Å². The monoisotopic (exact) mass is 313 g/mol. The standard InChI is InChI=1S/C14H19NO5S/c1-9-14(2,3)11-8-10(13(16)17)4-5-12(11)15(9)6-7-21(18,19)20/h4-5,8-9H,6-7H2,1-3H3,(H,16,17)(H,18,19,20). The van der Waals surface area contributed by atoms with E-state index >= 15 is 0 Å². The first-order valence-corrected chi connectivity index (χ1v) is 8.24. The molecular formula is C14H19NO5S. The second-order valence-electron chi connectivity index (χ2n) is 5.91. The van der Waals surface area contributed by atoms with Gasteiger partial charge in [-0.3, -0.25) is 4.55 Å². The van der Waals surface area contributed by atoms with Gasteiger partial charge in [0, 0.05) is 23.7 Å². The van der Waals surface area contributed by atoms with Crippen molar-refractivity contribution in [1.29, 1.82) is 0 Å². The summed E-state index contributed by atoms with van der Waals surface area (Å²) < 4.78 is 30.9. The van der Waals surface area contributed by atoms with E-state index in [0.717, 1.165) is 11.3 Å². The van der Waals surface area contributed by atoms with Crippen LogP contribution in [0.4, 0.5) is 5.69 Å². The number of hydrogen-bond donors (Lipinski definition) is 2. The number of carboxylic acid groups (broad SMARTS) is 1. The molecule has 1 aliphatic rings. The van der Waals surface area contributed by atoms with Crippen LogP contribution in [0, 0.1) is 0 Å². The fourth-order valence-corrected chi connectivity index (χ4v) is 3.21. The lowest BCUT2D eigenvalue weighted by Gasteiger charge is -2.31. The Kier molecular flexibility index (Phi) is 3.75. The molecule has 0 radical (unpaired) electrons. The molecule has 0 spiro atoms. The number of fused-ring (bicyclic) bond motifs is 1. The molecule has 0 saturated heterocycles. The molecule has 1 atom stereocenters. The summed E-state index contributed by atoms with van der Waals surface area (Å²) in [5, 5.41) is 9.10. The molecule has 116 valence electrons. The second kappa shape index (κ2) is 4.99. The van der Waals surface area contributed by atoms with Crippen LogP contribution >= 0.6 is 0 Å². The highest BCUT2D eigenvalue weighted by Gasteiger charge is 2.42. The van der Waals surface area contributed by atoms with Crippen molar-refractivity contribution >= 4 is 21.8 Å². The first-order chi connectivity index (χ1) is 9.54. The zero-order valence-corrected chi connectivity index (χ0v) is 13.0. The minimum absolute atomic E-state index is 0.00158. The van der Waals surface area contributed by atoms with Crippen molar-refractivity contribution in [3.8, 4) is 0 Å². The number of hydrogen-bond acceptors (Lipinski definition) is 4. The van der Waals surface area contributed by atoms with Gasteiger partial charge in [-0.05, 0) is 30.7 Å². The summed E-state index contributed by atoms with van der Waals surface area (Å²) in [5.74, 6) is -1.34. The maximum Gasteiger partial charge on any atom is 0.335 e. The van der Waals surface area contributed by atoms with Crippen molar-refractivity contribution in [2.45, 2.75) is 32.2 Å². The molecule has 0 bridgehead atoms. The van der Waals surface area contributed by atoms with Crippen molar-refractivity contribution in [2.75, 3.05) is 17.2 Å². The van der Waals surface area contributed by atoms with Gasteiger partial charge in [0.15, 0.2) is 0 Å². The number of carboxylic acids is 1. The predicted molar refractivity (Wildman–Crippen MR) is 79.7 cm³/mol. The van der Waals surface area contributed by atoms with Crippen LogP contribution in [0.25, 0.3) is 0 Å². The van der Waals surface area contributed by atoms with E-state index < -0.39 is 16.1 Å². The average molecular weight is 313 g/mol. The van der Waals surface area contributed by atoms with E-state index in [1.807, 2.05) is 25.7 Å². The van der Waals surface area contributed by atoms with Crippen LogP contribution in [0.15, 0.2) is 18.2 Å². The Hall–Kier alpha value is -1.60. The first-order valence-electron chi connectivity index (χ1n) is 6.63. The maximum absolute atomic E-state index is 11.1. The highest BCUT2D eigenvalue weighted by Crippen LogP contribution is 2.45. The number of aromatic carboxylic acids is 1. The molecule has 0 amide bonds. The molecule has 21 heavy (non-hydrogen) atoms.